The van der Waals surface area contributed by atoms with E-state index in [0.29, 0.717) is 24.5 Å². The predicted molar refractivity (Wildman–Crippen MR) is 284 cm³/mol. The molecule has 0 bridgehead atoms. The second kappa shape index (κ2) is 35.8. The Kier molecular flexibility index (Phi) is 35.7. The Bertz CT molecular complexity index is 1760. The van der Waals surface area contributed by atoms with E-state index in [2.05, 4.69) is 57.2 Å². The van der Waals surface area contributed by atoms with Gasteiger partial charge in [0, 0.05) is 31.0 Å². The number of nitrogens with one attached hydrogen (secondary N) is 7. The average Bonchev–Trinajstić information content (AvgIpc) is 3.22. The third-order valence-electron chi connectivity index (χ3n) is 7.53. The molecule has 0 aromatic carbocycles. The van der Waals surface area contributed by atoms with E-state index in [1.165, 1.54) is 21.6 Å². The topological polar surface area (TPSA) is 321 Å². The molecule has 0 aliphatic rings. The standard InChI is InChI=1S/C45H86N8O16S2.C2H4.CO/c1-39(2,3)64-33(56)31(46-21-20-45(62-26-30(54)55,35(58)66-41(7,8)9)51-27-48-36(59)67-42(10,11)12)47-22-25-71-70-24-19-23-63-52-32(34(57)65-40(4,5)6)49-28-53(38(61)69-44(16,17)18)29-50-37(60)68-43(13,14)15;2*1-2/h31-32,46-47,49,51-52H,19-29H2,1-18H3,(H,48,59)(H,50,60)(H,54,55);1-2H2;. The Morgan fingerprint density at radius 3 is 1.52 bits per heavy atom. The van der Waals surface area contributed by atoms with Crippen LogP contribution in [0.5, 0.6) is 0 Å². The minimum absolute atomic E-state index is 0.108. The number of amides is 3. The first-order valence-electron chi connectivity index (χ1n) is 24.0. The first-order valence-corrected chi connectivity index (χ1v) is 26.4. The Morgan fingerprint density at radius 1 is 0.587 bits per heavy atom. The van der Waals surface area contributed by atoms with Gasteiger partial charge in [0.25, 0.3) is 0 Å². The van der Waals surface area contributed by atoms with Gasteiger partial charge in [0.2, 0.25) is 5.72 Å². The number of hydrogen-bond acceptors (Lipinski definition) is 22. The molecule has 0 saturated carbocycles. The van der Waals surface area contributed by atoms with Gasteiger partial charge in [0.1, 0.15) is 46.9 Å². The number of aliphatic carboxylic acids is 1. The quantitative estimate of drug-likeness (QED) is 0.00533. The third kappa shape index (κ3) is 42.4. The van der Waals surface area contributed by atoms with Crippen molar-refractivity contribution in [2.24, 2.45) is 0 Å². The number of ether oxygens (including phenoxy) is 7. The van der Waals surface area contributed by atoms with Crippen molar-refractivity contribution >= 4 is 63.7 Å². The molecule has 27 heteroatoms. The van der Waals surface area contributed by atoms with Gasteiger partial charge in [-0.15, -0.1) is 13.2 Å². The Morgan fingerprint density at radius 2 is 1.04 bits per heavy atom. The number of carboxylic acids is 1. The molecule has 25 nitrogen and oxygen atoms in total. The SMILES string of the molecule is C=C.CC(C)(C)OC(=O)NCNC(CCNC(NCCSSCCCONC(NCN(CNC(=O)OC(C)(C)C)C(=O)OC(C)(C)C)C(=O)OC(C)(C)C)C(=O)OC(C)(C)C)(OCC(=O)O)C(=O)OC(C)(C)C.[C-]#[O+]. The first-order chi connectivity index (χ1) is 34.2. The minimum atomic E-state index is -2.10. The fourth-order valence-electron chi connectivity index (χ4n) is 4.97. The van der Waals surface area contributed by atoms with Crippen LogP contribution >= 0.6 is 21.6 Å². The molecule has 3 atom stereocenters. The number of carboxylic acid groups (broad SMARTS) is 1. The van der Waals surface area contributed by atoms with E-state index in [9.17, 15) is 38.7 Å². The summed E-state index contributed by atoms with van der Waals surface area (Å²) in [6, 6.07) is 0. The fourth-order valence-corrected chi connectivity index (χ4v) is 6.95. The van der Waals surface area contributed by atoms with E-state index in [0.717, 1.165) is 4.90 Å². The number of carbonyl (C=O) groups excluding carboxylic acids is 6. The van der Waals surface area contributed by atoms with Crippen LogP contribution in [0.25, 0.3) is 0 Å². The van der Waals surface area contributed by atoms with Crippen LogP contribution in [0.4, 0.5) is 14.4 Å². The van der Waals surface area contributed by atoms with Gasteiger partial charge in [0.05, 0.1) is 19.9 Å². The summed E-state index contributed by atoms with van der Waals surface area (Å²) in [5, 5.41) is 26.3. The van der Waals surface area contributed by atoms with E-state index >= 15 is 0 Å². The van der Waals surface area contributed by atoms with Crippen LogP contribution in [0.2, 0.25) is 0 Å². The van der Waals surface area contributed by atoms with Crippen molar-refractivity contribution in [1.82, 2.24) is 42.3 Å². The molecule has 0 aromatic rings. The van der Waals surface area contributed by atoms with E-state index < -0.39 is 100 Å². The van der Waals surface area contributed by atoms with Crippen molar-refractivity contribution < 1.29 is 81.3 Å². The van der Waals surface area contributed by atoms with Gasteiger partial charge in [-0.2, -0.15) is 5.48 Å². The molecular weight excluding hydrogens is 1020 g/mol. The second-order valence-electron chi connectivity index (χ2n) is 21.8. The number of esters is 3. The van der Waals surface area contributed by atoms with Crippen LogP contribution in [0.3, 0.4) is 0 Å². The van der Waals surface area contributed by atoms with E-state index in [-0.39, 0.29) is 39.6 Å². The second-order valence-corrected chi connectivity index (χ2v) is 24.5. The van der Waals surface area contributed by atoms with Crippen molar-refractivity contribution in [3.05, 3.63) is 19.8 Å². The van der Waals surface area contributed by atoms with Gasteiger partial charge in [-0.1, -0.05) is 21.6 Å². The number of rotatable bonds is 29. The Labute approximate surface area is 452 Å². The van der Waals surface area contributed by atoms with E-state index in [1.807, 2.05) is 0 Å². The van der Waals surface area contributed by atoms with E-state index in [4.69, 9.17) is 42.6 Å². The summed E-state index contributed by atoms with van der Waals surface area (Å²) < 4.78 is 46.0. The van der Waals surface area contributed by atoms with Crippen molar-refractivity contribution in [2.75, 3.05) is 57.8 Å². The number of carbonyl (C=O) groups is 7. The zero-order valence-corrected chi connectivity index (χ0v) is 49.2. The van der Waals surface area contributed by atoms with Crippen LogP contribution in [0.1, 0.15) is 137 Å². The molecule has 0 aliphatic heterocycles. The Hall–Kier alpha value is -4.41. The summed E-state index contributed by atoms with van der Waals surface area (Å²) in [5.74, 6) is -2.50. The summed E-state index contributed by atoms with van der Waals surface area (Å²) >= 11 is 0. The van der Waals surface area contributed by atoms with Crippen LogP contribution in [-0.4, -0.2) is 162 Å². The molecule has 0 aromatic heterocycles. The summed E-state index contributed by atoms with van der Waals surface area (Å²) in [5.41, 5.74) is -4.58. The van der Waals surface area contributed by atoms with Crippen LogP contribution in [0, 0.1) is 6.65 Å². The van der Waals surface area contributed by atoms with E-state index in [1.54, 1.807) is 125 Å². The third-order valence-corrected chi connectivity index (χ3v) is 10.0. The summed E-state index contributed by atoms with van der Waals surface area (Å²) in [4.78, 5) is 96.4. The number of hydrogen-bond donors (Lipinski definition) is 8. The zero-order valence-electron chi connectivity index (χ0n) is 47.6. The number of hydroxylamine groups is 1. The van der Waals surface area contributed by atoms with Gasteiger partial charge < -0.3 is 48.9 Å². The van der Waals surface area contributed by atoms with Crippen molar-refractivity contribution in [1.29, 1.82) is 0 Å². The first kappa shape index (κ1) is 74.8. The molecule has 0 radical (unpaired) electrons. The van der Waals surface area contributed by atoms with Crippen LogP contribution < -0.4 is 37.4 Å². The van der Waals surface area contributed by atoms with Gasteiger partial charge >= 0.3 is 53.5 Å². The molecule has 436 valence electrons. The molecule has 8 N–H and O–H groups in total. The van der Waals surface area contributed by atoms with Gasteiger partial charge in [0.15, 0.2) is 12.3 Å². The maximum absolute atomic E-state index is 13.7. The van der Waals surface area contributed by atoms with Crippen molar-refractivity contribution in [2.45, 2.75) is 189 Å². The normalized spacial score (nSPS) is 13.5. The molecule has 0 saturated heterocycles. The molecule has 0 heterocycles. The summed E-state index contributed by atoms with van der Waals surface area (Å²) in [7, 11) is 3.05. The summed E-state index contributed by atoms with van der Waals surface area (Å²) in [6.07, 6.45) is -4.35. The molecule has 3 unspecified atom stereocenters. The zero-order chi connectivity index (χ0) is 59.1. The van der Waals surface area contributed by atoms with Crippen LogP contribution in [0.15, 0.2) is 13.2 Å². The molecule has 0 rings (SSSR count). The Balaban J connectivity index is -0.0000126. The molecule has 0 aliphatic carbocycles. The summed E-state index contributed by atoms with van der Waals surface area (Å²) in [6.45, 7) is 39.4. The van der Waals surface area contributed by atoms with Gasteiger partial charge in [-0.3, -0.25) is 31.0 Å². The van der Waals surface area contributed by atoms with Crippen LogP contribution in [-0.2, 0) is 61.8 Å². The molecular formula is C48H90N8O17S2. The monoisotopic (exact) mass is 1110 g/mol. The van der Waals surface area contributed by atoms with Crippen molar-refractivity contribution in [3.63, 3.8) is 0 Å². The number of nitrogens with zero attached hydrogens (tertiary/aromatic N) is 1. The predicted octanol–water partition coefficient (Wildman–Crippen LogP) is 5.43. The van der Waals surface area contributed by atoms with Gasteiger partial charge in [-0.25, -0.2) is 33.6 Å². The number of alkyl carbamates (subject to hydrolysis) is 2. The average molecular weight is 1120 g/mol. The molecule has 0 spiro atoms. The van der Waals surface area contributed by atoms with Crippen molar-refractivity contribution in [3.8, 4) is 0 Å². The molecule has 0 fully saturated rings. The van der Waals surface area contributed by atoms with Gasteiger partial charge in [-0.05, 0) is 131 Å². The maximum atomic E-state index is 13.7. The fraction of sp³-hybridized carbons (Fsp3) is 0.792. The molecule has 3 amide bonds. The molecule has 75 heavy (non-hydrogen) atoms.